The van der Waals surface area contributed by atoms with Gasteiger partial charge in [-0.2, -0.15) is 0 Å². The van der Waals surface area contributed by atoms with Gasteiger partial charge in [0.05, 0.1) is 17.1 Å². The first kappa shape index (κ1) is 24.1. The smallest absolute Gasteiger partial charge is 0.264 e. The molecule has 174 valence electrons. The van der Waals surface area contributed by atoms with Crippen LogP contribution < -0.4 is 4.31 Å². The van der Waals surface area contributed by atoms with Crippen molar-refractivity contribution in [1.29, 1.82) is 0 Å². The van der Waals surface area contributed by atoms with E-state index in [0.717, 1.165) is 11.1 Å². The molecule has 0 atom stereocenters. The van der Waals surface area contributed by atoms with Crippen LogP contribution in [-0.4, -0.2) is 69.8 Å². The van der Waals surface area contributed by atoms with Crippen LogP contribution in [0.3, 0.4) is 0 Å². The standard InChI is InChI=1S/C23H29F2N3O3S/c1-18-3-7-20(8-4-18)28(32(30,31)21-9-5-19(2)6-10-21)12-11-23(29)27-15-13-26(14-16-27)17-22(24)25/h3-10,22H,11-17H2,1-2H3. The molecule has 0 unspecified atom stereocenters. The number of aryl methyl sites for hydroxylation is 2. The molecule has 0 N–H and O–H groups in total. The summed E-state index contributed by atoms with van der Waals surface area (Å²) < 4.78 is 53.2. The van der Waals surface area contributed by atoms with Crippen molar-refractivity contribution in [3.05, 3.63) is 59.7 Å². The van der Waals surface area contributed by atoms with Crippen LogP contribution in [0.25, 0.3) is 0 Å². The number of carbonyl (C=O) groups excluding carboxylic acids is 1. The zero-order valence-corrected chi connectivity index (χ0v) is 19.2. The summed E-state index contributed by atoms with van der Waals surface area (Å²) in [6.45, 7) is 5.00. The molecule has 1 heterocycles. The molecule has 2 aromatic rings. The van der Waals surface area contributed by atoms with Crippen molar-refractivity contribution in [1.82, 2.24) is 9.80 Å². The lowest BCUT2D eigenvalue weighted by Gasteiger charge is -2.35. The van der Waals surface area contributed by atoms with E-state index in [0.29, 0.717) is 31.9 Å². The average molecular weight is 466 g/mol. The van der Waals surface area contributed by atoms with Gasteiger partial charge in [0.25, 0.3) is 16.4 Å². The average Bonchev–Trinajstić information content (AvgIpc) is 2.75. The number of nitrogens with zero attached hydrogens (tertiary/aromatic N) is 3. The van der Waals surface area contributed by atoms with Gasteiger partial charge in [0.15, 0.2) is 0 Å². The van der Waals surface area contributed by atoms with E-state index in [4.69, 9.17) is 0 Å². The summed E-state index contributed by atoms with van der Waals surface area (Å²) in [7, 11) is -3.86. The van der Waals surface area contributed by atoms with Crippen molar-refractivity contribution in [2.45, 2.75) is 31.6 Å². The van der Waals surface area contributed by atoms with Crippen LogP contribution in [0.4, 0.5) is 14.5 Å². The Morgan fingerprint density at radius 1 is 0.938 bits per heavy atom. The number of halogens is 2. The van der Waals surface area contributed by atoms with Crippen LogP contribution in [0.5, 0.6) is 0 Å². The van der Waals surface area contributed by atoms with E-state index in [9.17, 15) is 22.0 Å². The van der Waals surface area contributed by atoms with Crippen LogP contribution in [0.1, 0.15) is 17.5 Å². The normalized spacial score (nSPS) is 15.2. The summed E-state index contributed by atoms with van der Waals surface area (Å²) in [4.78, 5) is 16.2. The Balaban J connectivity index is 1.73. The van der Waals surface area contributed by atoms with Crippen molar-refractivity contribution in [2.24, 2.45) is 0 Å². The van der Waals surface area contributed by atoms with E-state index in [2.05, 4.69) is 0 Å². The molecule has 0 aliphatic carbocycles. The van der Waals surface area contributed by atoms with E-state index in [1.54, 1.807) is 46.2 Å². The summed E-state index contributed by atoms with van der Waals surface area (Å²) in [5.41, 5.74) is 2.44. The zero-order chi connectivity index (χ0) is 23.3. The molecule has 2 aromatic carbocycles. The minimum atomic E-state index is -3.86. The Hall–Kier alpha value is -2.52. The number of rotatable bonds is 8. The largest absolute Gasteiger partial charge is 0.340 e. The summed E-state index contributed by atoms with van der Waals surface area (Å²) in [6, 6.07) is 13.7. The third-order valence-corrected chi connectivity index (χ3v) is 7.42. The number of carbonyl (C=O) groups is 1. The maximum atomic E-state index is 13.4. The molecule has 0 radical (unpaired) electrons. The highest BCUT2D eigenvalue weighted by Gasteiger charge is 2.28. The highest BCUT2D eigenvalue weighted by atomic mass is 32.2. The molecule has 0 spiro atoms. The number of hydrogen-bond acceptors (Lipinski definition) is 4. The summed E-state index contributed by atoms with van der Waals surface area (Å²) in [6.07, 6.45) is -2.39. The number of alkyl halides is 2. The SMILES string of the molecule is Cc1ccc(N(CCC(=O)N2CCN(CC(F)F)CC2)S(=O)(=O)c2ccc(C)cc2)cc1. The molecule has 9 heteroatoms. The van der Waals surface area contributed by atoms with Gasteiger partial charge >= 0.3 is 0 Å². The topological polar surface area (TPSA) is 60.9 Å². The van der Waals surface area contributed by atoms with E-state index < -0.39 is 16.4 Å². The minimum Gasteiger partial charge on any atom is -0.340 e. The summed E-state index contributed by atoms with van der Waals surface area (Å²) in [5.74, 6) is -0.182. The van der Waals surface area contributed by atoms with Crippen molar-refractivity contribution in [2.75, 3.05) is 43.6 Å². The van der Waals surface area contributed by atoms with Gasteiger partial charge in [-0.25, -0.2) is 17.2 Å². The molecule has 1 saturated heterocycles. The highest BCUT2D eigenvalue weighted by molar-refractivity contribution is 7.92. The number of sulfonamides is 1. The van der Waals surface area contributed by atoms with Crippen molar-refractivity contribution in [3.8, 4) is 0 Å². The Kier molecular flexibility index (Phi) is 7.84. The third kappa shape index (κ3) is 6.04. The Morgan fingerprint density at radius 2 is 1.47 bits per heavy atom. The molecule has 3 rings (SSSR count). The highest BCUT2D eigenvalue weighted by Crippen LogP contribution is 2.25. The van der Waals surface area contributed by atoms with Crippen LogP contribution in [-0.2, 0) is 14.8 Å². The van der Waals surface area contributed by atoms with Gasteiger partial charge in [0.2, 0.25) is 5.91 Å². The predicted molar refractivity (Wildman–Crippen MR) is 121 cm³/mol. The molecule has 6 nitrogen and oxygen atoms in total. The fourth-order valence-electron chi connectivity index (χ4n) is 3.67. The second-order valence-electron chi connectivity index (χ2n) is 8.05. The van der Waals surface area contributed by atoms with Crippen LogP contribution >= 0.6 is 0 Å². The lowest BCUT2D eigenvalue weighted by Crippen LogP contribution is -2.50. The molecular formula is C23H29F2N3O3S. The van der Waals surface area contributed by atoms with Gasteiger partial charge in [0, 0.05) is 39.1 Å². The maximum Gasteiger partial charge on any atom is 0.264 e. The second-order valence-corrected chi connectivity index (χ2v) is 9.91. The Bertz CT molecular complexity index is 1000. The number of amides is 1. The first-order valence-corrected chi connectivity index (χ1v) is 12.0. The molecule has 1 aliphatic rings. The van der Waals surface area contributed by atoms with E-state index in [1.165, 1.54) is 4.31 Å². The molecule has 1 fully saturated rings. The van der Waals surface area contributed by atoms with E-state index >= 15 is 0 Å². The van der Waals surface area contributed by atoms with Gasteiger partial charge in [-0.3, -0.25) is 14.0 Å². The molecule has 0 bridgehead atoms. The number of piperazine rings is 1. The van der Waals surface area contributed by atoms with Crippen molar-refractivity contribution in [3.63, 3.8) is 0 Å². The Labute approximate surface area is 188 Å². The first-order chi connectivity index (χ1) is 15.2. The minimum absolute atomic E-state index is 0.00461. The lowest BCUT2D eigenvalue weighted by molar-refractivity contribution is -0.132. The molecule has 0 aromatic heterocycles. The monoisotopic (exact) mass is 465 g/mol. The molecule has 1 amide bonds. The molecule has 0 saturated carbocycles. The van der Waals surface area contributed by atoms with Crippen molar-refractivity contribution >= 4 is 21.6 Å². The van der Waals surface area contributed by atoms with Crippen LogP contribution in [0.15, 0.2) is 53.4 Å². The number of hydrogen-bond donors (Lipinski definition) is 0. The number of benzene rings is 2. The quantitative estimate of drug-likeness (QED) is 0.600. The Morgan fingerprint density at radius 3 is 2.00 bits per heavy atom. The van der Waals surface area contributed by atoms with E-state index in [-0.39, 0.29) is 30.3 Å². The van der Waals surface area contributed by atoms with Gasteiger partial charge in [0.1, 0.15) is 0 Å². The molecular weight excluding hydrogens is 436 g/mol. The van der Waals surface area contributed by atoms with Gasteiger partial charge in [-0.05, 0) is 38.1 Å². The van der Waals surface area contributed by atoms with Crippen LogP contribution in [0, 0.1) is 13.8 Å². The fraction of sp³-hybridized carbons (Fsp3) is 0.435. The van der Waals surface area contributed by atoms with Gasteiger partial charge in [-0.15, -0.1) is 0 Å². The molecule has 1 aliphatic heterocycles. The van der Waals surface area contributed by atoms with Crippen molar-refractivity contribution < 1.29 is 22.0 Å². The second kappa shape index (κ2) is 10.4. The number of anilines is 1. The maximum absolute atomic E-state index is 13.4. The van der Waals surface area contributed by atoms with Gasteiger partial charge in [-0.1, -0.05) is 35.4 Å². The predicted octanol–water partition coefficient (Wildman–Crippen LogP) is 3.30. The van der Waals surface area contributed by atoms with Crippen LogP contribution in [0.2, 0.25) is 0 Å². The summed E-state index contributed by atoms with van der Waals surface area (Å²) in [5, 5.41) is 0. The first-order valence-electron chi connectivity index (χ1n) is 10.6. The summed E-state index contributed by atoms with van der Waals surface area (Å²) >= 11 is 0. The lowest BCUT2D eigenvalue weighted by atomic mass is 10.2. The van der Waals surface area contributed by atoms with Gasteiger partial charge < -0.3 is 4.90 Å². The zero-order valence-electron chi connectivity index (χ0n) is 18.4. The molecule has 32 heavy (non-hydrogen) atoms. The third-order valence-electron chi connectivity index (χ3n) is 5.58. The fourth-order valence-corrected chi connectivity index (χ4v) is 5.13. The van der Waals surface area contributed by atoms with E-state index in [1.807, 2.05) is 26.0 Å².